The molecule has 0 bridgehead atoms. The van der Waals surface area contributed by atoms with Crippen molar-refractivity contribution in [2.24, 2.45) is 0 Å². The number of rotatable bonds is 7. The molecule has 1 aromatic carbocycles. The van der Waals surface area contributed by atoms with Crippen molar-refractivity contribution in [3.63, 3.8) is 0 Å². The Kier molecular flexibility index (Phi) is 5.67. The molecule has 3 rings (SSSR count). The number of hydrogen-bond acceptors (Lipinski definition) is 7. The highest BCUT2D eigenvalue weighted by Gasteiger charge is 2.21. The maximum atomic E-state index is 13.3. The molecule has 2 aromatic heterocycles. The molecule has 0 aliphatic rings. The van der Waals surface area contributed by atoms with E-state index in [1.54, 1.807) is 12.1 Å². The molecule has 7 nitrogen and oxygen atoms in total. The number of thioether (sulfide) groups is 1. The quantitative estimate of drug-likeness (QED) is 0.586. The van der Waals surface area contributed by atoms with Gasteiger partial charge in [0.05, 0.1) is 11.8 Å². The number of halogens is 1. The van der Waals surface area contributed by atoms with Crippen LogP contribution in [0.3, 0.4) is 0 Å². The maximum Gasteiger partial charge on any atom is 0.226 e. The van der Waals surface area contributed by atoms with Crippen LogP contribution in [0.15, 0.2) is 33.9 Å². The molecule has 0 spiro atoms. The molecule has 0 aliphatic heterocycles. The largest absolute Gasteiger partial charge is 0.339 e. The molecule has 0 N–H and O–H groups in total. The Hall–Kier alpha value is -2.26. The van der Waals surface area contributed by atoms with Crippen LogP contribution in [0.2, 0.25) is 0 Å². The van der Waals surface area contributed by atoms with Crippen molar-refractivity contribution >= 4 is 11.8 Å². The molecule has 0 radical (unpaired) electrons. The van der Waals surface area contributed by atoms with Gasteiger partial charge in [-0.05, 0) is 45.3 Å². The molecule has 26 heavy (non-hydrogen) atoms. The molecule has 0 amide bonds. The van der Waals surface area contributed by atoms with Gasteiger partial charge in [0.1, 0.15) is 5.82 Å². The van der Waals surface area contributed by atoms with Crippen molar-refractivity contribution in [1.82, 2.24) is 29.8 Å². The van der Waals surface area contributed by atoms with Gasteiger partial charge >= 0.3 is 0 Å². The van der Waals surface area contributed by atoms with E-state index in [-0.39, 0.29) is 11.9 Å². The average Bonchev–Trinajstić information content (AvgIpc) is 3.26. The normalized spacial score (nSPS) is 12.7. The molecule has 9 heteroatoms. The second-order valence-corrected chi connectivity index (χ2v) is 6.98. The van der Waals surface area contributed by atoms with Crippen molar-refractivity contribution in [2.45, 2.75) is 37.2 Å². The lowest BCUT2D eigenvalue weighted by Gasteiger charge is -2.20. The van der Waals surface area contributed by atoms with Crippen LogP contribution in [-0.4, -0.2) is 43.9 Å². The SMILES string of the molecule is CCc1nc(CSc2nnc(C(C)N(C)C)n2-c2ccc(F)cc2)no1. The summed E-state index contributed by atoms with van der Waals surface area (Å²) in [5.74, 6) is 2.24. The molecule has 0 saturated carbocycles. The molecular weight excluding hydrogens is 355 g/mol. The Morgan fingerprint density at radius 1 is 1.23 bits per heavy atom. The zero-order valence-electron chi connectivity index (χ0n) is 15.2. The Morgan fingerprint density at radius 3 is 2.58 bits per heavy atom. The third kappa shape index (κ3) is 3.94. The standard InChI is InChI=1S/C17H21FN6OS/c1-5-15-19-14(22-25-15)10-26-17-21-20-16(11(2)23(3)4)24(17)13-8-6-12(18)7-9-13/h6-9,11H,5,10H2,1-4H3. The summed E-state index contributed by atoms with van der Waals surface area (Å²) in [6, 6.07) is 6.34. The molecule has 0 aliphatic carbocycles. The van der Waals surface area contributed by atoms with Gasteiger partial charge < -0.3 is 4.52 Å². The Morgan fingerprint density at radius 2 is 1.96 bits per heavy atom. The van der Waals surface area contributed by atoms with Crippen molar-refractivity contribution in [3.05, 3.63) is 47.6 Å². The van der Waals surface area contributed by atoms with Crippen molar-refractivity contribution in [1.29, 1.82) is 0 Å². The van der Waals surface area contributed by atoms with Crippen LogP contribution in [-0.2, 0) is 12.2 Å². The first-order valence-electron chi connectivity index (χ1n) is 8.31. The van der Waals surface area contributed by atoms with E-state index in [1.807, 2.05) is 37.4 Å². The Bertz CT molecular complexity index is 861. The summed E-state index contributed by atoms with van der Waals surface area (Å²) in [5, 5.41) is 13.4. The van der Waals surface area contributed by atoms with Gasteiger partial charge in [0, 0.05) is 12.1 Å². The highest BCUT2D eigenvalue weighted by molar-refractivity contribution is 7.98. The van der Waals surface area contributed by atoms with E-state index >= 15 is 0 Å². The van der Waals surface area contributed by atoms with Crippen LogP contribution < -0.4 is 0 Å². The lowest BCUT2D eigenvalue weighted by atomic mass is 10.2. The minimum atomic E-state index is -0.280. The summed E-state index contributed by atoms with van der Waals surface area (Å²) in [5.41, 5.74) is 0.810. The second-order valence-electron chi connectivity index (χ2n) is 6.04. The fourth-order valence-electron chi connectivity index (χ4n) is 2.33. The van der Waals surface area contributed by atoms with E-state index < -0.39 is 0 Å². The van der Waals surface area contributed by atoms with Gasteiger partial charge in [0.2, 0.25) is 5.89 Å². The van der Waals surface area contributed by atoms with Crippen LogP contribution in [0.5, 0.6) is 0 Å². The molecule has 1 atom stereocenters. The molecule has 138 valence electrons. The third-order valence-corrected chi connectivity index (χ3v) is 4.96. The molecule has 0 fully saturated rings. The number of aryl methyl sites for hydroxylation is 1. The van der Waals surface area contributed by atoms with E-state index in [2.05, 4.69) is 20.3 Å². The number of hydrogen-bond donors (Lipinski definition) is 0. The van der Waals surface area contributed by atoms with Crippen LogP contribution >= 0.6 is 11.8 Å². The van der Waals surface area contributed by atoms with Gasteiger partial charge in [-0.25, -0.2) is 4.39 Å². The lowest BCUT2D eigenvalue weighted by molar-refractivity contribution is 0.305. The van der Waals surface area contributed by atoms with Crippen LogP contribution in [0.4, 0.5) is 4.39 Å². The number of aromatic nitrogens is 5. The van der Waals surface area contributed by atoms with Gasteiger partial charge in [-0.2, -0.15) is 4.98 Å². The zero-order chi connectivity index (χ0) is 18.7. The highest BCUT2D eigenvalue weighted by Crippen LogP contribution is 2.28. The minimum Gasteiger partial charge on any atom is -0.339 e. The summed E-state index contributed by atoms with van der Waals surface area (Å²) in [7, 11) is 3.96. The van der Waals surface area contributed by atoms with E-state index in [4.69, 9.17) is 4.52 Å². The van der Waals surface area contributed by atoms with E-state index in [9.17, 15) is 4.39 Å². The van der Waals surface area contributed by atoms with Crippen molar-refractivity contribution in [3.8, 4) is 5.69 Å². The van der Waals surface area contributed by atoms with Gasteiger partial charge in [-0.3, -0.25) is 9.47 Å². The topological polar surface area (TPSA) is 72.9 Å². The van der Waals surface area contributed by atoms with Gasteiger partial charge in [0.25, 0.3) is 0 Å². The fourth-order valence-corrected chi connectivity index (χ4v) is 3.13. The third-order valence-electron chi connectivity index (χ3n) is 4.03. The highest BCUT2D eigenvalue weighted by atomic mass is 32.2. The first kappa shape index (κ1) is 18.5. The minimum absolute atomic E-state index is 0.0405. The summed E-state index contributed by atoms with van der Waals surface area (Å²) in [6.07, 6.45) is 0.702. The molecule has 0 saturated heterocycles. The lowest BCUT2D eigenvalue weighted by Crippen LogP contribution is -2.20. The summed E-state index contributed by atoms with van der Waals surface area (Å²) < 4.78 is 20.4. The summed E-state index contributed by atoms with van der Waals surface area (Å²) in [6.45, 7) is 4.01. The first-order valence-corrected chi connectivity index (χ1v) is 9.30. The van der Waals surface area contributed by atoms with Crippen LogP contribution in [0.1, 0.15) is 37.4 Å². The van der Waals surface area contributed by atoms with Crippen LogP contribution in [0.25, 0.3) is 5.69 Å². The van der Waals surface area contributed by atoms with E-state index in [0.29, 0.717) is 29.0 Å². The molecule has 3 aromatic rings. The fraction of sp³-hybridized carbons (Fsp3) is 0.412. The van der Waals surface area contributed by atoms with Gasteiger partial charge in [-0.15, -0.1) is 10.2 Å². The predicted octanol–water partition coefficient (Wildman–Crippen LogP) is 3.27. The predicted molar refractivity (Wildman–Crippen MR) is 96.7 cm³/mol. The van der Waals surface area contributed by atoms with E-state index in [1.165, 1.54) is 23.9 Å². The average molecular weight is 376 g/mol. The number of nitrogens with zero attached hydrogens (tertiary/aromatic N) is 6. The zero-order valence-corrected chi connectivity index (χ0v) is 16.0. The first-order chi connectivity index (χ1) is 12.5. The molecular formula is C17H21FN6OS. The van der Waals surface area contributed by atoms with E-state index in [0.717, 1.165) is 11.5 Å². The van der Waals surface area contributed by atoms with Gasteiger partial charge in [-0.1, -0.05) is 23.8 Å². The second kappa shape index (κ2) is 7.96. The molecule has 1 unspecified atom stereocenters. The Balaban J connectivity index is 1.92. The van der Waals surface area contributed by atoms with Crippen molar-refractivity contribution < 1.29 is 8.91 Å². The van der Waals surface area contributed by atoms with Crippen molar-refractivity contribution in [2.75, 3.05) is 14.1 Å². The smallest absolute Gasteiger partial charge is 0.226 e. The molecule has 2 heterocycles. The maximum absolute atomic E-state index is 13.3. The summed E-state index contributed by atoms with van der Waals surface area (Å²) >= 11 is 1.47. The monoisotopic (exact) mass is 376 g/mol. The Labute approximate surface area is 155 Å². The van der Waals surface area contributed by atoms with Crippen LogP contribution in [0, 0.1) is 5.82 Å². The summed E-state index contributed by atoms with van der Waals surface area (Å²) in [4.78, 5) is 6.36. The number of benzene rings is 1. The van der Waals surface area contributed by atoms with Gasteiger partial charge in [0.15, 0.2) is 16.8 Å².